The van der Waals surface area contributed by atoms with Crippen molar-refractivity contribution in [1.29, 1.82) is 0 Å². The van der Waals surface area contributed by atoms with E-state index in [0.717, 1.165) is 5.56 Å². The number of carbonyl (C=O) groups is 1. The molecule has 28 heavy (non-hydrogen) atoms. The summed E-state index contributed by atoms with van der Waals surface area (Å²) in [5.41, 5.74) is 0.804. The summed E-state index contributed by atoms with van der Waals surface area (Å²) in [6.45, 7) is 0.984. The second-order valence-electron chi connectivity index (χ2n) is 6.49. The highest BCUT2D eigenvalue weighted by molar-refractivity contribution is 5.92. The Morgan fingerprint density at radius 3 is 2.61 bits per heavy atom. The molecule has 0 radical (unpaired) electrons. The van der Waals surface area contributed by atoms with Crippen molar-refractivity contribution >= 4 is 12.0 Å². The molecule has 4 rings (SSSR count). The molecular formula is C18H16F3N3O4. The number of carbonyl (C=O) groups excluding carboxylic acids is 1. The highest BCUT2D eigenvalue weighted by atomic mass is 19.4. The van der Waals surface area contributed by atoms with Crippen LogP contribution in [0, 0.1) is 0 Å². The Kier molecular flexibility index (Phi) is 4.70. The van der Waals surface area contributed by atoms with Crippen molar-refractivity contribution in [1.82, 2.24) is 15.1 Å². The van der Waals surface area contributed by atoms with Crippen molar-refractivity contribution in [2.75, 3.05) is 19.9 Å². The Labute approximate surface area is 157 Å². The third kappa shape index (κ3) is 3.80. The molecule has 1 amide bonds. The first-order valence-corrected chi connectivity index (χ1v) is 8.67. The lowest BCUT2D eigenvalue weighted by Crippen LogP contribution is -2.36. The Hall–Kier alpha value is -3.04. The molecule has 0 spiro atoms. The van der Waals surface area contributed by atoms with Gasteiger partial charge < -0.3 is 18.8 Å². The molecule has 3 heterocycles. The largest absolute Gasteiger partial charge is 0.470 e. The van der Waals surface area contributed by atoms with Crippen LogP contribution in [-0.2, 0) is 11.0 Å². The molecule has 1 saturated heterocycles. The van der Waals surface area contributed by atoms with Gasteiger partial charge in [-0.3, -0.25) is 4.79 Å². The van der Waals surface area contributed by atoms with E-state index >= 15 is 0 Å². The Bertz CT molecular complexity index is 902. The zero-order valence-corrected chi connectivity index (χ0v) is 14.6. The fourth-order valence-electron chi connectivity index (χ4n) is 3.15. The van der Waals surface area contributed by atoms with Gasteiger partial charge in [0, 0.05) is 25.1 Å². The minimum atomic E-state index is -4.65. The number of rotatable bonds is 3. The number of alkyl halides is 3. The van der Waals surface area contributed by atoms with Crippen LogP contribution in [-0.4, -0.2) is 40.9 Å². The maximum absolute atomic E-state index is 12.6. The van der Waals surface area contributed by atoms with Crippen molar-refractivity contribution < 1.29 is 31.9 Å². The zero-order valence-electron chi connectivity index (χ0n) is 14.6. The van der Waals surface area contributed by atoms with Gasteiger partial charge in [0.05, 0.1) is 0 Å². The highest BCUT2D eigenvalue weighted by Crippen LogP contribution is 2.34. The third-order valence-corrected chi connectivity index (χ3v) is 4.65. The van der Waals surface area contributed by atoms with E-state index < -0.39 is 12.1 Å². The van der Waals surface area contributed by atoms with Crippen molar-refractivity contribution in [3.63, 3.8) is 0 Å². The molecule has 1 aromatic heterocycles. The molecule has 0 atom stereocenters. The van der Waals surface area contributed by atoms with Gasteiger partial charge in [-0.25, -0.2) is 0 Å². The predicted octanol–water partition coefficient (Wildman–Crippen LogP) is 3.24. The number of hydrogen-bond acceptors (Lipinski definition) is 6. The minimum absolute atomic E-state index is 0.0321. The number of benzene rings is 1. The number of likely N-dealkylation sites (tertiary alicyclic amines) is 1. The number of piperidine rings is 1. The van der Waals surface area contributed by atoms with Crippen LogP contribution in [0.5, 0.6) is 11.5 Å². The van der Waals surface area contributed by atoms with Gasteiger partial charge in [0.25, 0.3) is 0 Å². The Morgan fingerprint density at radius 2 is 1.89 bits per heavy atom. The van der Waals surface area contributed by atoms with Crippen molar-refractivity contribution in [3.05, 3.63) is 41.6 Å². The van der Waals surface area contributed by atoms with Gasteiger partial charge in [0.2, 0.25) is 18.6 Å². The average Bonchev–Trinajstić information content (AvgIpc) is 3.35. The van der Waals surface area contributed by atoms with E-state index in [-0.39, 0.29) is 24.5 Å². The molecule has 0 unspecified atom stereocenters. The summed E-state index contributed by atoms with van der Waals surface area (Å²) in [5.74, 6) is -0.528. The van der Waals surface area contributed by atoms with Crippen LogP contribution in [0.2, 0.25) is 0 Å². The van der Waals surface area contributed by atoms with Crippen LogP contribution < -0.4 is 9.47 Å². The van der Waals surface area contributed by atoms with Gasteiger partial charge in [-0.1, -0.05) is 6.07 Å². The van der Waals surface area contributed by atoms with E-state index in [1.807, 2.05) is 6.07 Å². The van der Waals surface area contributed by atoms with Crippen LogP contribution in [0.25, 0.3) is 6.08 Å². The quantitative estimate of drug-likeness (QED) is 0.743. The first kappa shape index (κ1) is 18.3. The van der Waals surface area contributed by atoms with Gasteiger partial charge >= 0.3 is 12.1 Å². The van der Waals surface area contributed by atoms with E-state index in [4.69, 9.17) is 13.9 Å². The first-order chi connectivity index (χ1) is 13.4. The maximum Gasteiger partial charge on any atom is 0.470 e. The van der Waals surface area contributed by atoms with Crippen LogP contribution in [0.4, 0.5) is 13.2 Å². The molecule has 10 heteroatoms. The molecule has 0 bridgehead atoms. The molecule has 2 aromatic rings. The van der Waals surface area contributed by atoms with E-state index in [0.29, 0.717) is 37.4 Å². The smallest absolute Gasteiger partial charge is 0.454 e. The van der Waals surface area contributed by atoms with Crippen molar-refractivity contribution in [3.8, 4) is 11.5 Å². The zero-order chi connectivity index (χ0) is 19.7. The molecule has 7 nitrogen and oxygen atoms in total. The van der Waals surface area contributed by atoms with Gasteiger partial charge in [0.1, 0.15) is 0 Å². The van der Waals surface area contributed by atoms with Crippen LogP contribution in [0.3, 0.4) is 0 Å². The monoisotopic (exact) mass is 395 g/mol. The van der Waals surface area contributed by atoms with Crippen molar-refractivity contribution in [2.24, 2.45) is 0 Å². The number of hydrogen-bond donors (Lipinski definition) is 0. The number of fused-ring (bicyclic) bond motifs is 1. The van der Waals surface area contributed by atoms with E-state index in [2.05, 4.69) is 10.2 Å². The Balaban J connectivity index is 1.33. The minimum Gasteiger partial charge on any atom is -0.454 e. The summed E-state index contributed by atoms with van der Waals surface area (Å²) in [4.78, 5) is 14.0. The van der Waals surface area contributed by atoms with Gasteiger partial charge in [0.15, 0.2) is 11.5 Å². The van der Waals surface area contributed by atoms with Gasteiger partial charge in [-0.15, -0.1) is 10.2 Å². The van der Waals surface area contributed by atoms with E-state index in [1.165, 1.54) is 6.08 Å². The van der Waals surface area contributed by atoms with Crippen molar-refractivity contribution in [2.45, 2.75) is 24.9 Å². The number of amides is 1. The summed E-state index contributed by atoms with van der Waals surface area (Å²) in [5, 5.41) is 6.56. The molecule has 148 valence electrons. The van der Waals surface area contributed by atoms with Crippen LogP contribution in [0.15, 0.2) is 28.7 Å². The van der Waals surface area contributed by atoms with E-state index in [9.17, 15) is 18.0 Å². The Morgan fingerprint density at radius 1 is 1.14 bits per heavy atom. The van der Waals surface area contributed by atoms with E-state index in [1.54, 1.807) is 23.1 Å². The summed E-state index contributed by atoms with van der Waals surface area (Å²) >= 11 is 0. The number of ether oxygens (including phenoxy) is 2. The predicted molar refractivity (Wildman–Crippen MR) is 89.5 cm³/mol. The molecule has 2 aliphatic rings. The summed E-state index contributed by atoms with van der Waals surface area (Å²) in [7, 11) is 0. The summed E-state index contributed by atoms with van der Waals surface area (Å²) < 4.78 is 53.0. The lowest BCUT2D eigenvalue weighted by atomic mass is 9.97. The lowest BCUT2D eigenvalue weighted by Gasteiger charge is -2.29. The van der Waals surface area contributed by atoms with Gasteiger partial charge in [-0.2, -0.15) is 13.2 Å². The standard InChI is InChI=1S/C18H16F3N3O4/c19-18(20,21)17-23-22-16(28-17)12-5-7-24(8-6-12)15(25)4-2-11-1-3-13-14(9-11)27-10-26-13/h1-4,9,12H,5-8,10H2/b4-2+. The number of aromatic nitrogens is 2. The molecule has 0 N–H and O–H groups in total. The second-order valence-corrected chi connectivity index (χ2v) is 6.49. The van der Waals surface area contributed by atoms with Gasteiger partial charge in [-0.05, 0) is 36.6 Å². The fourth-order valence-corrected chi connectivity index (χ4v) is 3.15. The fraction of sp³-hybridized carbons (Fsp3) is 0.389. The van der Waals surface area contributed by atoms with Crippen LogP contribution >= 0.6 is 0 Å². The molecule has 0 aliphatic carbocycles. The SMILES string of the molecule is O=C(/C=C/c1ccc2c(c1)OCO2)N1CCC(c2nnc(C(F)(F)F)o2)CC1. The molecule has 1 fully saturated rings. The molecular weight excluding hydrogens is 379 g/mol. The molecule has 2 aliphatic heterocycles. The van der Waals surface area contributed by atoms with Crippen LogP contribution in [0.1, 0.15) is 36.1 Å². The lowest BCUT2D eigenvalue weighted by molar-refractivity contribution is -0.157. The second kappa shape index (κ2) is 7.17. The topological polar surface area (TPSA) is 77.7 Å². The first-order valence-electron chi connectivity index (χ1n) is 8.67. The number of nitrogens with zero attached hydrogens (tertiary/aromatic N) is 3. The molecule has 1 aromatic carbocycles. The highest BCUT2D eigenvalue weighted by Gasteiger charge is 2.39. The summed E-state index contributed by atoms with van der Waals surface area (Å²) in [6.07, 6.45) is -0.579. The summed E-state index contributed by atoms with van der Waals surface area (Å²) in [6, 6.07) is 5.38. The third-order valence-electron chi connectivity index (χ3n) is 4.65. The number of halogens is 3. The molecule has 0 saturated carbocycles. The normalized spacial score (nSPS) is 17.5. The maximum atomic E-state index is 12.6. The average molecular weight is 395 g/mol.